The van der Waals surface area contributed by atoms with Gasteiger partial charge in [0.05, 0.1) is 19.1 Å². The predicted molar refractivity (Wildman–Crippen MR) is 79.8 cm³/mol. The molecule has 0 bridgehead atoms. The SMILES string of the molecule is C[C@H](CNC(=O)[C@@H](C)c1cccs1)CC1(C)OCCO1. The van der Waals surface area contributed by atoms with E-state index in [4.69, 9.17) is 9.47 Å². The summed E-state index contributed by atoms with van der Waals surface area (Å²) in [7, 11) is 0. The molecule has 0 unspecified atom stereocenters. The molecular formula is C15H23NO3S. The maximum atomic E-state index is 12.1. The number of hydrogen-bond acceptors (Lipinski definition) is 4. The summed E-state index contributed by atoms with van der Waals surface area (Å²) in [4.78, 5) is 13.2. The summed E-state index contributed by atoms with van der Waals surface area (Å²) in [6, 6.07) is 3.97. The fourth-order valence-electron chi connectivity index (χ4n) is 2.47. The topological polar surface area (TPSA) is 47.6 Å². The van der Waals surface area contributed by atoms with Gasteiger partial charge < -0.3 is 14.8 Å². The van der Waals surface area contributed by atoms with E-state index in [9.17, 15) is 4.79 Å². The number of rotatable bonds is 6. The molecule has 0 spiro atoms. The number of carbonyl (C=O) groups is 1. The monoisotopic (exact) mass is 297 g/mol. The summed E-state index contributed by atoms with van der Waals surface area (Å²) in [5, 5.41) is 5.02. The zero-order valence-electron chi connectivity index (χ0n) is 12.3. The van der Waals surface area contributed by atoms with E-state index in [1.165, 1.54) is 0 Å². The standard InChI is InChI=1S/C15H23NO3S/c1-11(9-15(3)18-6-7-19-15)10-16-14(17)12(2)13-5-4-8-20-13/h4-5,8,11-12H,6-7,9-10H2,1-3H3,(H,16,17)/t11-,12-/m0/s1. The van der Waals surface area contributed by atoms with Crippen LogP contribution in [0.5, 0.6) is 0 Å². The van der Waals surface area contributed by atoms with E-state index in [1.54, 1.807) is 11.3 Å². The van der Waals surface area contributed by atoms with Crippen LogP contribution in [-0.4, -0.2) is 31.5 Å². The smallest absolute Gasteiger partial charge is 0.228 e. The highest BCUT2D eigenvalue weighted by Crippen LogP contribution is 2.26. The molecule has 2 rings (SSSR count). The first-order valence-corrected chi connectivity index (χ1v) is 7.97. The summed E-state index contributed by atoms with van der Waals surface area (Å²) < 4.78 is 11.2. The van der Waals surface area contributed by atoms with Crippen LogP contribution in [-0.2, 0) is 14.3 Å². The summed E-state index contributed by atoms with van der Waals surface area (Å²) in [6.07, 6.45) is 0.792. The van der Waals surface area contributed by atoms with Crippen LogP contribution >= 0.6 is 11.3 Å². The van der Waals surface area contributed by atoms with Crippen molar-refractivity contribution in [1.82, 2.24) is 5.32 Å². The lowest BCUT2D eigenvalue weighted by Gasteiger charge is -2.26. The molecule has 1 saturated heterocycles. The van der Waals surface area contributed by atoms with Crippen LogP contribution in [0.1, 0.15) is 38.0 Å². The Morgan fingerprint density at radius 3 is 2.75 bits per heavy atom. The molecule has 1 aliphatic rings. The van der Waals surface area contributed by atoms with Gasteiger partial charge in [0.15, 0.2) is 5.79 Å². The van der Waals surface area contributed by atoms with Crippen molar-refractivity contribution in [3.63, 3.8) is 0 Å². The van der Waals surface area contributed by atoms with Crippen molar-refractivity contribution in [2.45, 2.75) is 38.9 Å². The van der Waals surface area contributed by atoms with E-state index < -0.39 is 5.79 Å². The van der Waals surface area contributed by atoms with E-state index in [0.717, 1.165) is 11.3 Å². The van der Waals surface area contributed by atoms with Crippen molar-refractivity contribution in [3.05, 3.63) is 22.4 Å². The minimum absolute atomic E-state index is 0.0812. The van der Waals surface area contributed by atoms with Crippen LogP contribution in [0.2, 0.25) is 0 Å². The molecule has 1 aromatic rings. The molecule has 1 amide bonds. The third-order valence-corrected chi connectivity index (χ3v) is 4.66. The minimum Gasteiger partial charge on any atom is -0.355 e. The lowest BCUT2D eigenvalue weighted by Crippen LogP contribution is -2.35. The first-order valence-electron chi connectivity index (χ1n) is 7.09. The molecule has 1 aromatic heterocycles. The number of carbonyl (C=O) groups excluding carboxylic acids is 1. The van der Waals surface area contributed by atoms with Crippen LogP contribution in [0.3, 0.4) is 0 Å². The average molecular weight is 297 g/mol. The summed E-state index contributed by atoms with van der Waals surface area (Å²) >= 11 is 1.62. The fraction of sp³-hybridized carbons (Fsp3) is 0.667. The highest BCUT2D eigenvalue weighted by molar-refractivity contribution is 7.10. The van der Waals surface area contributed by atoms with Gasteiger partial charge in [-0.05, 0) is 31.2 Å². The molecule has 0 radical (unpaired) electrons. The van der Waals surface area contributed by atoms with Crippen molar-refractivity contribution < 1.29 is 14.3 Å². The van der Waals surface area contributed by atoms with Gasteiger partial charge in [0.25, 0.3) is 0 Å². The van der Waals surface area contributed by atoms with Gasteiger partial charge in [-0.1, -0.05) is 13.0 Å². The van der Waals surface area contributed by atoms with Crippen molar-refractivity contribution in [2.24, 2.45) is 5.92 Å². The molecular weight excluding hydrogens is 274 g/mol. The van der Waals surface area contributed by atoms with Gasteiger partial charge >= 0.3 is 0 Å². The second kappa shape index (κ2) is 6.70. The molecule has 0 saturated carbocycles. The van der Waals surface area contributed by atoms with Gasteiger partial charge in [-0.2, -0.15) is 0 Å². The number of nitrogens with one attached hydrogen (secondary N) is 1. The Kier molecular flexibility index (Phi) is 5.18. The Labute approximate surface area is 124 Å². The third-order valence-electron chi connectivity index (χ3n) is 3.61. The Hall–Kier alpha value is -0.910. The number of hydrogen-bond donors (Lipinski definition) is 1. The molecule has 2 atom stereocenters. The molecule has 1 fully saturated rings. The lowest BCUT2D eigenvalue weighted by molar-refractivity contribution is -0.154. The molecule has 4 nitrogen and oxygen atoms in total. The van der Waals surface area contributed by atoms with Crippen molar-refractivity contribution in [2.75, 3.05) is 19.8 Å². The molecule has 1 N–H and O–H groups in total. The molecule has 20 heavy (non-hydrogen) atoms. The number of ether oxygens (including phenoxy) is 2. The molecule has 112 valence electrons. The van der Waals surface area contributed by atoms with E-state index in [-0.39, 0.29) is 11.8 Å². The minimum atomic E-state index is -0.483. The zero-order valence-corrected chi connectivity index (χ0v) is 13.2. The normalized spacial score (nSPS) is 20.6. The van der Waals surface area contributed by atoms with Crippen LogP contribution in [0.15, 0.2) is 17.5 Å². The van der Waals surface area contributed by atoms with Gasteiger partial charge in [0.1, 0.15) is 0 Å². The average Bonchev–Trinajstić information content (AvgIpc) is 3.06. The Bertz CT molecular complexity index is 426. The first kappa shape index (κ1) is 15.5. The van der Waals surface area contributed by atoms with Crippen molar-refractivity contribution >= 4 is 17.2 Å². The van der Waals surface area contributed by atoms with Crippen LogP contribution in [0.25, 0.3) is 0 Å². The maximum absolute atomic E-state index is 12.1. The van der Waals surface area contributed by atoms with Crippen molar-refractivity contribution in [3.8, 4) is 0 Å². The quantitative estimate of drug-likeness (QED) is 0.878. The summed E-state index contributed by atoms with van der Waals surface area (Å²) in [6.45, 7) is 7.97. The second-order valence-corrected chi connectivity index (χ2v) is 6.60. The fourth-order valence-corrected chi connectivity index (χ4v) is 3.26. The van der Waals surface area contributed by atoms with E-state index >= 15 is 0 Å². The van der Waals surface area contributed by atoms with Gasteiger partial charge in [0.2, 0.25) is 5.91 Å². The number of thiophene rings is 1. The van der Waals surface area contributed by atoms with Crippen LogP contribution < -0.4 is 5.32 Å². The highest BCUT2D eigenvalue weighted by Gasteiger charge is 2.32. The lowest BCUT2D eigenvalue weighted by atomic mass is 10.0. The van der Waals surface area contributed by atoms with E-state index in [2.05, 4.69) is 12.2 Å². The van der Waals surface area contributed by atoms with Crippen LogP contribution in [0, 0.1) is 5.92 Å². The van der Waals surface area contributed by atoms with Gasteiger partial charge in [-0.15, -0.1) is 11.3 Å². The van der Waals surface area contributed by atoms with E-state index in [0.29, 0.717) is 25.7 Å². The molecule has 0 aliphatic carbocycles. The van der Waals surface area contributed by atoms with Gasteiger partial charge in [-0.3, -0.25) is 4.79 Å². The first-order chi connectivity index (χ1) is 9.50. The maximum Gasteiger partial charge on any atom is 0.228 e. The number of amides is 1. The molecule has 0 aromatic carbocycles. The summed E-state index contributed by atoms with van der Waals surface area (Å²) in [5.74, 6) is -0.171. The Morgan fingerprint density at radius 1 is 1.45 bits per heavy atom. The largest absolute Gasteiger partial charge is 0.355 e. The Morgan fingerprint density at radius 2 is 2.15 bits per heavy atom. The zero-order chi connectivity index (χ0) is 14.6. The highest BCUT2D eigenvalue weighted by atomic mass is 32.1. The Balaban J connectivity index is 1.75. The molecule has 5 heteroatoms. The van der Waals surface area contributed by atoms with E-state index in [1.807, 2.05) is 31.4 Å². The van der Waals surface area contributed by atoms with Gasteiger partial charge in [-0.25, -0.2) is 0 Å². The van der Waals surface area contributed by atoms with Gasteiger partial charge in [0, 0.05) is 17.8 Å². The molecule has 1 aliphatic heterocycles. The van der Waals surface area contributed by atoms with Crippen LogP contribution in [0.4, 0.5) is 0 Å². The second-order valence-electron chi connectivity index (χ2n) is 5.62. The van der Waals surface area contributed by atoms with Crippen molar-refractivity contribution in [1.29, 1.82) is 0 Å². The molecule has 2 heterocycles. The summed E-state index contributed by atoms with van der Waals surface area (Å²) in [5.41, 5.74) is 0. The predicted octanol–water partition coefficient (Wildman–Crippen LogP) is 2.76. The third kappa shape index (κ3) is 4.04.